The molecule has 0 aliphatic heterocycles. The molecular formula is C14H18FN3O. The second-order valence-corrected chi connectivity index (χ2v) is 4.51. The van der Waals surface area contributed by atoms with E-state index in [0.29, 0.717) is 5.75 Å². The van der Waals surface area contributed by atoms with Crippen LogP contribution in [0.1, 0.15) is 22.9 Å². The van der Waals surface area contributed by atoms with Crippen molar-refractivity contribution in [1.82, 2.24) is 15.1 Å². The van der Waals surface area contributed by atoms with Crippen LogP contribution in [0.2, 0.25) is 0 Å². The summed E-state index contributed by atoms with van der Waals surface area (Å²) >= 11 is 0. The molecule has 0 bridgehead atoms. The lowest BCUT2D eigenvalue weighted by Gasteiger charge is -2.19. The maximum Gasteiger partial charge on any atom is 0.161 e. The van der Waals surface area contributed by atoms with Crippen LogP contribution in [0.3, 0.4) is 0 Å². The molecule has 19 heavy (non-hydrogen) atoms. The van der Waals surface area contributed by atoms with Crippen LogP contribution in [-0.4, -0.2) is 23.9 Å². The molecule has 0 amide bonds. The van der Waals surface area contributed by atoms with Crippen LogP contribution in [0.4, 0.5) is 4.39 Å². The summed E-state index contributed by atoms with van der Waals surface area (Å²) < 4.78 is 20.6. The van der Waals surface area contributed by atoms with Gasteiger partial charge in [-0.1, -0.05) is 6.07 Å². The Morgan fingerprint density at radius 3 is 2.68 bits per heavy atom. The van der Waals surface area contributed by atoms with E-state index < -0.39 is 0 Å². The average Bonchev–Trinajstić information content (AvgIpc) is 2.71. The molecule has 1 aromatic heterocycles. The van der Waals surface area contributed by atoms with E-state index in [-0.39, 0.29) is 11.9 Å². The Labute approximate surface area is 112 Å². The van der Waals surface area contributed by atoms with Crippen LogP contribution in [0.25, 0.3) is 0 Å². The monoisotopic (exact) mass is 263 g/mol. The van der Waals surface area contributed by atoms with E-state index in [9.17, 15) is 4.39 Å². The van der Waals surface area contributed by atoms with Gasteiger partial charge in [-0.25, -0.2) is 4.39 Å². The fourth-order valence-electron chi connectivity index (χ4n) is 2.31. The van der Waals surface area contributed by atoms with E-state index >= 15 is 0 Å². The number of methoxy groups -OCH3 is 1. The SMILES string of the molecule is CNC(c1cc(C)cc(F)c1)c1c(OC)cnn1C. The molecule has 2 aromatic rings. The van der Waals surface area contributed by atoms with Gasteiger partial charge in [0.1, 0.15) is 11.5 Å². The summed E-state index contributed by atoms with van der Waals surface area (Å²) in [5.74, 6) is 0.445. The molecule has 0 aliphatic carbocycles. The Balaban J connectivity index is 2.52. The fourth-order valence-corrected chi connectivity index (χ4v) is 2.31. The van der Waals surface area contributed by atoms with Gasteiger partial charge in [0.05, 0.1) is 19.3 Å². The molecule has 2 rings (SSSR count). The highest BCUT2D eigenvalue weighted by atomic mass is 19.1. The Hall–Kier alpha value is -1.88. The first kappa shape index (κ1) is 13.5. The largest absolute Gasteiger partial charge is 0.493 e. The van der Waals surface area contributed by atoms with E-state index in [1.54, 1.807) is 18.0 Å². The normalized spacial score (nSPS) is 12.5. The lowest BCUT2D eigenvalue weighted by atomic mass is 10.0. The summed E-state index contributed by atoms with van der Waals surface area (Å²) in [6, 6.07) is 4.82. The van der Waals surface area contributed by atoms with Gasteiger partial charge in [0, 0.05) is 7.05 Å². The van der Waals surface area contributed by atoms with Crippen molar-refractivity contribution in [3.63, 3.8) is 0 Å². The molecule has 102 valence electrons. The summed E-state index contributed by atoms with van der Waals surface area (Å²) in [7, 11) is 5.27. The van der Waals surface area contributed by atoms with E-state index in [1.165, 1.54) is 12.1 Å². The Bertz CT molecular complexity index is 560. The summed E-state index contributed by atoms with van der Waals surface area (Å²) in [6.45, 7) is 1.87. The zero-order valence-corrected chi connectivity index (χ0v) is 11.6. The number of nitrogens with zero attached hydrogens (tertiary/aromatic N) is 2. The molecule has 0 saturated carbocycles. The van der Waals surface area contributed by atoms with Crippen LogP contribution in [0.15, 0.2) is 24.4 Å². The molecule has 0 spiro atoms. The quantitative estimate of drug-likeness (QED) is 0.919. The molecule has 1 aromatic carbocycles. The van der Waals surface area contributed by atoms with Gasteiger partial charge < -0.3 is 10.1 Å². The molecule has 0 fully saturated rings. The standard InChI is InChI=1S/C14H18FN3O/c1-9-5-10(7-11(15)6-9)13(16-2)14-12(19-4)8-17-18(14)3/h5-8,13,16H,1-4H3. The third kappa shape index (κ3) is 2.61. The van der Waals surface area contributed by atoms with Crippen LogP contribution < -0.4 is 10.1 Å². The number of ether oxygens (including phenoxy) is 1. The van der Waals surface area contributed by atoms with E-state index in [0.717, 1.165) is 16.8 Å². The van der Waals surface area contributed by atoms with E-state index in [2.05, 4.69) is 10.4 Å². The zero-order valence-electron chi connectivity index (χ0n) is 11.6. The summed E-state index contributed by atoms with van der Waals surface area (Å²) in [4.78, 5) is 0. The first-order chi connectivity index (χ1) is 9.06. The molecule has 4 nitrogen and oxygen atoms in total. The van der Waals surface area contributed by atoms with Crippen molar-refractivity contribution in [1.29, 1.82) is 0 Å². The Morgan fingerprint density at radius 1 is 1.37 bits per heavy atom. The summed E-state index contributed by atoms with van der Waals surface area (Å²) in [6.07, 6.45) is 1.66. The number of hydrogen-bond donors (Lipinski definition) is 1. The molecule has 1 atom stereocenters. The molecule has 1 N–H and O–H groups in total. The summed E-state index contributed by atoms with van der Waals surface area (Å²) in [5, 5.41) is 7.37. The predicted octanol–water partition coefficient (Wildman–Crippen LogP) is 2.19. The maximum atomic E-state index is 13.6. The number of hydrogen-bond acceptors (Lipinski definition) is 3. The van der Waals surface area contributed by atoms with Gasteiger partial charge in [-0.2, -0.15) is 5.10 Å². The van der Waals surface area contributed by atoms with Crippen molar-refractivity contribution in [3.05, 3.63) is 47.0 Å². The van der Waals surface area contributed by atoms with Gasteiger partial charge in [0.25, 0.3) is 0 Å². The highest BCUT2D eigenvalue weighted by Crippen LogP contribution is 2.30. The molecule has 5 heteroatoms. The maximum absolute atomic E-state index is 13.6. The first-order valence-corrected chi connectivity index (χ1v) is 6.07. The van der Waals surface area contributed by atoms with Crippen molar-refractivity contribution in [2.45, 2.75) is 13.0 Å². The van der Waals surface area contributed by atoms with Gasteiger partial charge >= 0.3 is 0 Å². The van der Waals surface area contributed by atoms with Crippen LogP contribution in [-0.2, 0) is 7.05 Å². The van der Waals surface area contributed by atoms with Crippen LogP contribution in [0, 0.1) is 12.7 Å². The number of benzene rings is 1. The van der Waals surface area contributed by atoms with E-state index in [1.807, 2.05) is 27.1 Å². The van der Waals surface area contributed by atoms with Gasteiger partial charge in [0.15, 0.2) is 5.75 Å². The zero-order chi connectivity index (χ0) is 14.0. The van der Waals surface area contributed by atoms with Crippen LogP contribution in [0.5, 0.6) is 5.75 Å². The highest BCUT2D eigenvalue weighted by Gasteiger charge is 2.21. The summed E-state index contributed by atoms with van der Waals surface area (Å²) in [5.41, 5.74) is 2.60. The number of halogens is 1. The van der Waals surface area contributed by atoms with Crippen molar-refractivity contribution in [2.24, 2.45) is 7.05 Å². The van der Waals surface area contributed by atoms with Crippen molar-refractivity contribution in [3.8, 4) is 5.75 Å². The number of aromatic nitrogens is 2. The van der Waals surface area contributed by atoms with Gasteiger partial charge in [-0.3, -0.25) is 4.68 Å². The van der Waals surface area contributed by atoms with Crippen molar-refractivity contribution in [2.75, 3.05) is 14.2 Å². The molecule has 0 radical (unpaired) electrons. The minimum Gasteiger partial charge on any atom is -0.493 e. The minimum absolute atomic E-state index is 0.170. The van der Waals surface area contributed by atoms with Crippen molar-refractivity contribution < 1.29 is 9.13 Å². The van der Waals surface area contributed by atoms with Crippen molar-refractivity contribution >= 4 is 0 Å². The molecule has 0 saturated heterocycles. The molecule has 1 heterocycles. The predicted molar refractivity (Wildman–Crippen MR) is 71.8 cm³/mol. The molecular weight excluding hydrogens is 245 g/mol. The number of rotatable bonds is 4. The molecule has 1 unspecified atom stereocenters. The smallest absolute Gasteiger partial charge is 0.161 e. The average molecular weight is 263 g/mol. The molecule has 0 aliphatic rings. The number of aryl methyl sites for hydroxylation is 2. The second kappa shape index (κ2) is 5.40. The third-order valence-corrected chi connectivity index (χ3v) is 3.13. The van der Waals surface area contributed by atoms with Gasteiger partial charge in [-0.05, 0) is 37.2 Å². The fraction of sp³-hybridized carbons (Fsp3) is 0.357. The minimum atomic E-state index is -0.239. The topological polar surface area (TPSA) is 39.1 Å². The Morgan fingerprint density at radius 2 is 2.11 bits per heavy atom. The lowest BCUT2D eigenvalue weighted by Crippen LogP contribution is -2.21. The highest BCUT2D eigenvalue weighted by molar-refractivity contribution is 5.38. The van der Waals surface area contributed by atoms with E-state index in [4.69, 9.17) is 4.74 Å². The van der Waals surface area contributed by atoms with Gasteiger partial charge in [0.2, 0.25) is 0 Å². The third-order valence-electron chi connectivity index (χ3n) is 3.13. The number of nitrogens with one attached hydrogen (secondary N) is 1. The Kier molecular flexibility index (Phi) is 3.85. The van der Waals surface area contributed by atoms with Crippen LogP contribution >= 0.6 is 0 Å². The van der Waals surface area contributed by atoms with Gasteiger partial charge in [-0.15, -0.1) is 0 Å². The second-order valence-electron chi connectivity index (χ2n) is 4.51. The first-order valence-electron chi connectivity index (χ1n) is 6.07. The lowest BCUT2D eigenvalue weighted by molar-refractivity contribution is 0.402.